The second kappa shape index (κ2) is 5.75. The van der Waals surface area contributed by atoms with Crippen LogP contribution >= 0.6 is 11.6 Å². The largest absolute Gasteiger partial charge is 0.364 e. The molecule has 4 rings (SSSR count). The lowest BCUT2D eigenvalue weighted by atomic mass is 10.0. The second-order valence-corrected chi connectivity index (χ2v) is 6.25. The number of hydrogen-bond acceptors (Lipinski definition) is 3. The van der Waals surface area contributed by atoms with E-state index in [1.165, 1.54) is 11.3 Å². The summed E-state index contributed by atoms with van der Waals surface area (Å²) in [6.45, 7) is 3.07. The predicted octanol–water partition coefficient (Wildman–Crippen LogP) is 3.89. The van der Waals surface area contributed by atoms with Gasteiger partial charge in [-0.05, 0) is 35.4 Å². The van der Waals surface area contributed by atoms with Gasteiger partial charge in [-0.3, -0.25) is 4.99 Å². The van der Waals surface area contributed by atoms with E-state index in [9.17, 15) is 0 Å². The Morgan fingerprint density at radius 3 is 2.95 bits per heavy atom. The lowest BCUT2D eigenvalue weighted by Gasteiger charge is -2.37. The molecule has 2 heterocycles. The first-order valence-corrected chi connectivity index (χ1v) is 8.09. The first-order valence-electron chi connectivity index (χ1n) is 7.71. The number of hydrogen-bond donors (Lipinski definition) is 1. The van der Waals surface area contributed by atoms with Crippen LogP contribution in [0.3, 0.4) is 0 Å². The number of benzene rings is 2. The third-order valence-corrected chi connectivity index (χ3v) is 4.64. The van der Waals surface area contributed by atoms with Gasteiger partial charge in [0.25, 0.3) is 0 Å². The molecule has 1 saturated heterocycles. The lowest BCUT2D eigenvalue weighted by Crippen LogP contribution is -2.51. The zero-order chi connectivity index (χ0) is 14.9. The van der Waals surface area contributed by atoms with E-state index in [0.717, 1.165) is 42.3 Å². The van der Waals surface area contributed by atoms with Gasteiger partial charge in [0.2, 0.25) is 0 Å². The Morgan fingerprint density at radius 1 is 1.14 bits per heavy atom. The number of anilines is 1. The van der Waals surface area contributed by atoms with Crippen LogP contribution in [0.15, 0.2) is 47.5 Å². The van der Waals surface area contributed by atoms with Gasteiger partial charge in [0, 0.05) is 43.3 Å². The molecule has 1 N–H and O–H groups in total. The third kappa shape index (κ3) is 2.51. The average Bonchev–Trinajstić information content (AvgIpc) is 2.74. The Labute approximate surface area is 135 Å². The van der Waals surface area contributed by atoms with Gasteiger partial charge >= 0.3 is 0 Å². The summed E-state index contributed by atoms with van der Waals surface area (Å²) in [5, 5.41) is 4.24. The molecule has 0 bridgehead atoms. The molecule has 3 nitrogen and oxygen atoms in total. The van der Waals surface area contributed by atoms with E-state index in [4.69, 9.17) is 11.6 Å². The zero-order valence-electron chi connectivity index (χ0n) is 12.3. The van der Waals surface area contributed by atoms with Crippen LogP contribution in [0.1, 0.15) is 6.42 Å². The number of halogens is 1. The van der Waals surface area contributed by atoms with Crippen molar-refractivity contribution in [2.75, 3.05) is 24.5 Å². The van der Waals surface area contributed by atoms with E-state index >= 15 is 0 Å². The van der Waals surface area contributed by atoms with Crippen molar-refractivity contribution >= 4 is 29.2 Å². The zero-order valence-corrected chi connectivity index (χ0v) is 13.1. The fourth-order valence-electron chi connectivity index (χ4n) is 3.27. The fraction of sp³-hybridized carbons (Fsp3) is 0.278. The molecule has 0 saturated carbocycles. The molecular formula is C18H18ClN3. The number of nitrogens with one attached hydrogen (secondary N) is 1. The number of fused-ring (bicyclic) bond motifs is 3. The minimum absolute atomic E-state index is 0.494. The molecule has 4 heteroatoms. The van der Waals surface area contributed by atoms with Crippen LogP contribution in [0.25, 0.3) is 11.1 Å². The van der Waals surface area contributed by atoms with E-state index in [-0.39, 0.29) is 0 Å². The van der Waals surface area contributed by atoms with Gasteiger partial charge in [-0.15, -0.1) is 0 Å². The molecule has 1 fully saturated rings. The van der Waals surface area contributed by atoms with Crippen molar-refractivity contribution < 1.29 is 0 Å². The highest BCUT2D eigenvalue weighted by Gasteiger charge is 2.25. The molecule has 0 radical (unpaired) electrons. The van der Waals surface area contributed by atoms with E-state index in [1.54, 1.807) is 0 Å². The first-order chi connectivity index (χ1) is 10.8. The summed E-state index contributed by atoms with van der Waals surface area (Å²) in [6, 6.07) is 15.0. The maximum Gasteiger partial charge on any atom is 0.0859 e. The average molecular weight is 312 g/mol. The fourth-order valence-corrected chi connectivity index (χ4v) is 3.46. The Morgan fingerprint density at radius 2 is 2.05 bits per heavy atom. The first kappa shape index (κ1) is 13.8. The summed E-state index contributed by atoms with van der Waals surface area (Å²) in [7, 11) is 0. The Balaban J connectivity index is 1.79. The highest BCUT2D eigenvalue weighted by molar-refractivity contribution is 6.30. The van der Waals surface area contributed by atoms with E-state index in [0.29, 0.717) is 6.04 Å². The molecule has 1 unspecified atom stereocenters. The van der Waals surface area contributed by atoms with Crippen LogP contribution in [0, 0.1) is 0 Å². The Kier molecular flexibility index (Phi) is 3.60. The summed E-state index contributed by atoms with van der Waals surface area (Å²) in [5.41, 5.74) is 4.64. The summed E-state index contributed by atoms with van der Waals surface area (Å²) in [6.07, 6.45) is 3.05. The maximum atomic E-state index is 6.13. The predicted molar refractivity (Wildman–Crippen MR) is 93.7 cm³/mol. The van der Waals surface area contributed by atoms with Gasteiger partial charge < -0.3 is 10.2 Å². The van der Waals surface area contributed by atoms with Gasteiger partial charge in [-0.2, -0.15) is 0 Å². The van der Waals surface area contributed by atoms with Crippen molar-refractivity contribution in [1.82, 2.24) is 5.32 Å². The van der Waals surface area contributed by atoms with Crippen LogP contribution in [-0.4, -0.2) is 31.9 Å². The number of aliphatic imine (C=N–C) groups is 1. The Bertz CT molecular complexity index is 726. The van der Waals surface area contributed by atoms with Crippen molar-refractivity contribution in [3.05, 3.63) is 47.5 Å². The minimum Gasteiger partial charge on any atom is -0.364 e. The van der Waals surface area contributed by atoms with Crippen molar-refractivity contribution in [2.45, 2.75) is 12.5 Å². The van der Waals surface area contributed by atoms with Gasteiger partial charge in [0.05, 0.1) is 11.4 Å². The second-order valence-electron chi connectivity index (χ2n) is 5.81. The molecule has 2 aliphatic heterocycles. The standard InChI is InChI=1S/C18H18ClN3/c19-15-3-1-2-13(10-15)14-4-5-17-18(11-14)22-9-8-20-12-16(22)6-7-21-17/h1-5,7,10-11,16,20H,6,8-9,12H2. The molecule has 0 spiro atoms. The molecule has 112 valence electrons. The van der Waals surface area contributed by atoms with Crippen molar-refractivity contribution in [2.24, 2.45) is 4.99 Å². The smallest absolute Gasteiger partial charge is 0.0859 e. The van der Waals surface area contributed by atoms with Crippen LogP contribution in [0.5, 0.6) is 0 Å². The molecule has 2 aromatic rings. The normalized spacial score (nSPS) is 20.2. The number of nitrogens with zero attached hydrogens (tertiary/aromatic N) is 2. The topological polar surface area (TPSA) is 27.6 Å². The molecule has 1 atom stereocenters. The highest BCUT2D eigenvalue weighted by atomic mass is 35.5. The minimum atomic E-state index is 0.494. The molecule has 2 aliphatic rings. The summed E-state index contributed by atoms with van der Waals surface area (Å²) < 4.78 is 0. The molecule has 0 amide bonds. The van der Waals surface area contributed by atoms with Gasteiger partial charge in [-0.25, -0.2) is 0 Å². The van der Waals surface area contributed by atoms with Crippen molar-refractivity contribution in [3.8, 4) is 11.1 Å². The molecule has 0 aromatic heterocycles. The molecule has 0 aliphatic carbocycles. The van der Waals surface area contributed by atoms with Gasteiger partial charge in [0.1, 0.15) is 0 Å². The van der Waals surface area contributed by atoms with Crippen molar-refractivity contribution in [3.63, 3.8) is 0 Å². The maximum absolute atomic E-state index is 6.13. The number of rotatable bonds is 1. The third-order valence-electron chi connectivity index (χ3n) is 4.40. The van der Waals surface area contributed by atoms with Crippen LogP contribution < -0.4 is 10.2 Å². The van der Waals surface area contributed by atoms with Gasteiger partial charge in [-0.1, -0.05) is 29.8 Å². The number of piperazine rings is 1. The van der Waals surface area contributed by atoms with Crippen LogP contribution in [0.2, 0.25) is 5.02 Å². The van der Waals surface area contributed by atoms with Crippen LogP contribution in [-0.2, 0) is 0 Å². The highest BCUT2D eigenvalue weighted by Crippen LogP contribution is 2.37. The Hall–Kier alpha value is -1.84. The SMILES string of the molecule is Clc1cccc(-c2ccc3c(c2)N2CCNCC2CC=N3)c1. The molecular weight excluding hydrogens is 294 g/mol. The van der Waals surface area contributed by atoms with Crippen molar-refractivity contribution in [1.29, 1.82) is 0 Å². The van der Waals surface area contributed by atoms with E-state index in [2.05, 4.69) is 45.7 Å². The summed E-state index contributed by atoms with van der Waals surface area (Å²) >= 11 is 6.13. The van der Waals surface area contributed by atoms with Gasteiger partial charge in [0.15, 0.2) is 0 Å². The van der Waals surface area contributed by atoms with E-state index < -0.39 is 0 Å². The lowest BCUT2D eigenvalue weighted by molar-refractivity contribution is 0.489. The molecule has 22 heavy (non-hydrogen) atoms. The van der Waals surface area contributed by atoms with E-state index in [1.807, 2.05) is 18.2 Å². The monoisotopic (exact) mass is 311 g/mol. The quantitative estimate of drug-likeness (QED) is 0.865. The summed E-state index contributed by atoms with van der Waals surface area (Å²) in [5.74, 6) is 0. The summed E-state index contributed by atoms with van der Waals surface area (Å²) in [4.78, 5) is 7.14. The van der Waals surface area contributed by atoms with Crippen LogP contribution in [0.4, 0.5) is 11.4 Å². The molecule has 2 aromatic carbocycles.